The Morgan fingerprint density at radius 3 is 2.29 bits per heavy atom. The molecule has 16 heteroatoms. The number of carbonyl (C=O) groups is 5. The van der Waals surface area contributed by atoms with Crippen LogP contribution >= 0.6 is 11.8 Å². The Morgan fingerprint density at radius 1 is 0.929 bits per heavy atom. The Hall–Kier alpha value is -4.83. The highest BCUT2D eigenvalue weighted by Gasteiger charge is 2.40. The molecule has 3 atom stereocenters. The van der Waals surface area contributed by atoms with Gasteiger partial charge >= 0.3 is 5.97 Å². The maximum atomic E-state index is 15.1. The number of hydrogen-bond acceptors (Lipinski definition) is 7. The maximum Gasteiger partial charge on any atom is 0.303 e. The summed E-state index contributed by atoms with van der Waals surface area (Å²) in [4.78, 5) is 62.6. The minimum absolute atomic E-state index is 0.00990. The van der Waals surface area contributed by atoms with E-state index in [4.69, 9.17) is 5.11 Å². The van der Waals surface area contributed by atoms with Crippen LogP contribution in [0.2, 0.25) is 0 Å². The van der Waals surface area contributed by atoms with Crippen molar-refractivity contribution in [2.45, 2.75) is 58.8 Å². The zero-order valence-electron chi connectivity index (χ0n) is 31.9. The van der Waals surface area contributed by atoms with Crippen molar-refractivity contribution in [2.24, 2.45) is 11.3 Å². The van der Waals surface area contributed by atoms with Gasteiger partial charge in [-0.1, -0.05) is 51.1 Å². The second kappa shape index (κ2) is 20.9. The molecule has 56 heavy (non-hydrogen) atoms. The van der Waals surface area contributed by atoms with E-state index in [2.05, 4.69) is 21.3 Å². The third-order valence-corrected chi connectivity index (χ3v) is 10.2. The van der Waals surface area contributed by atoms with Gasteiger partial charge in [-0.2, -0.15) is 11.8 Å². The Balaban J connectivity index is 1.44. The predicted molar refractivity (Wildman–Crippen MR) is 208 cm³/mol. The van der Waals surface area contributed by atoms with Crippen LogP contribution in [0, 0.1) is 23.0 Å². The van der Waals surface area contributed by atoms with Crippen LogP contribution in [0.5, 0.6) is 0 Å². The van der Waals surface area contributed by atoms with Crippen molar-refractivity contribution >= 4 is 41.4 Å². The molecule has 0 saturated carbocycles. The predicted octanol–water partition coefficient (Wildman–Crippen LogP) is 4.29. The van der Waals surface area contributed by atoms with Crippen molar-refractivity contribution in [1.82, 2.24) is 30.7 Å². The zero-order valence-corrected chi connectivity index (χ0v) is 32.7. The molecule has 4 rings (SSSR count). The van der Waals surface area contributed by atoms with E-state index < -0.39 is 53.0 Å². The molecule has 1 aliphatic heterocycles. The standard InChI is InChI=1S/C40H51F3N6O6S/c1-40(2,3)39(33-17-27(30-18-29(41)9-10-31(30)42)23-48(33)22-26-7-5-4-6-8-26)49(24-28-19-44-20-32(28)43)37(53)25-56-16-13-35(51)45-14-15-46-36(52)21-47-34(50)11-12-38(54)55/h4-10,17-18,23,28,32,39,44H,11-16,19-22,24-25H2,1-3H3,(H,45,51)(H,46,52)(H,47,50)(H,54,55)/t28-,32-,39?/m0/s1. The summed E-state index contributed by atoms with van der Waals surface area (Å²) in [7, 11) is 0. The van der Waals surface area contributed by atoms with Crippen LogP contribution in [-0.2, 0) is 30.5 Å². The Bertz CT molecular complexity index is 1820. The number of carboxylic acid groups (broad SMARTS) is 1. The van der Waals surface area contributed by atoms with Crippen molar-refractivity contribution in [3.8, 4) is 11.1 Å². The molecule has 1 aliphatic rings. The molecule has 2 heterocycles. The van der Waals surface area contributed by atoms with Crippen LogP contribution in [0.4, 0.5) is 13.2 Å². The first-order chi connectivity index (χ1) is 26.6. The minimum atomic E-state index is -1.16. The fourth-order valence-electron chi connectivity index (χ4n) is 6.55. The quantitative estimate of drug-likeness (QED) is 0.106. The number of thioether (sulfide) groups is 1. The van der Waals surface area contributed by atoms with E-state index in [0.29, 0.717) is 30.1 Å². The molecule has 3 aromatic rings. The molecule has 0 bridgehead atoms. The van der Waals surface area contributed by atoms with E-state index in [9.17, 15) is 28.4 Å². The summed E-state index contributed by atoms with van der Waals surface area (Å²) in [6.07, 6.45) is 0.112. The van der Waals surface area contributed by atoms with Crippen molar-refractivity contribution < 1.29 is 42.3 Å². The van der Waals surface area contributed by atoms with Crippen LogP contribution in [0.1, 0.15) is 57.3 Å². The highest BCUT2D eigenvalue weighted by Crippen LogP contribution is 2.42. The molecular weight excluding hydrogens is 750 g/mol. The Morgan fingerprint density at radius 2 is 1.62 bits per heavy atom. The van der Waals surface area contributed by atoms with Gasteiger partial charge in [-0.05, 0) is 35.2 Å². The monoisotopic (exact) mass is 800 g/mol. The van der Waals surface area contributed by atoms with Crippen LogP contribution in [-0.4, -0.2) is 101 Å². The van der Waals surface area contributed by atoms with Gasteiger partial charge in [0.05, 0.1) is 24.8 Å². The molecule has 2 aromatic carbocycles. The molecule has 4 amide bonds. The first kappa shape index (κ1) is 43.9. The van der Waals surface area contributed by atoms with Gasteiger partial charge in [0, 0.05) is 86.8 Å². The number of alkyl halides is 1. The van der Waals surface area contributed by atoms with Crippen molar-refractivity contribution in [1.29, 1.82) is 0 Å². The number of nitrogens with zero attached hydrogens (tertiary/aromatic N) is 2. The van der Waals surface area contributed by atoms with E-state index >= 15 is 8.78 Å². The molecule has 0 aliphatic carbocycles. The molecular formula is C40H51F3N6O6S. The summed E-state index contributed by atoms with van der Waals surface area (Å²) in [5, 5.41) is 19.3. The van der Waals surface area contributed by atoms with Gasteiger partial charge in [0.25, 0.3) is 0 Å². The largest absolute Gasteiger partial charge is 0.481 e. The number of carboxylic acids is 1. The lowest BCUT2D eigenvalue weighted by Crippen LogP contribution is -2.46. The molecule has 1 saturated heterocycles. The van der Waals surface area contributed by atoms with Gasteiger partial charge in [0.15, 0.2) is 0 Å². The average molecular weight is 801 g/mol. The smallest absolute Gasteiger partial charge is 0.303 e. The van der Waals surface area contributed by atoms with Crippen LogP contribution in [0.3, 0.4) is 0 Å². The van der Waals surface area contributed by atoms with Gasteiger partial charge in [-0.3, -0.25) is 24.0 Å². The van der Waals surface area contributed by atoms with Gasteiger partial charge < -0.3 is 35.8 Å². The fourth-order valence-corrected chi connectivity index (χ4v) is 7.36. The molecule has 304 valence electrons. The van der Waals surface area contributed by atoms with Crippen molar-refractivity contribution in [3.63, 3.8) is 0 Å². The van der Waals surface area contributed by atoms with E-state index in [1.807, 2.05) is 55.7 Å². The molecule has 0 radical (unpaired) electrons. The molecule has 12 nitrogen and oxygen atoms in total. The van der Waals surface area contributed by atoms with E-state index in [1.165, 1.54) is 11.8 Å². The van der Waals surface area contributed by atoms with Gasteiger partial charge in [-0.25, -0.2) is 13.2 Å². The summed E-state index contributed by atoms with van der Waals surface area (Å²) in [6, 6.07) is 14.1. The Kier molecular flexibility index (Phi) is 16.4. The van der Waals surface area contributed by atoms with Crippen LogP contribution < -0.4 is 21.3 Å². The van der Waals surface area contributed by atoms with E-state index in [0.717, 1.165) is 23.8 Å². The van der Waals surface area contributed by atoms with Crippen molar-refractivity contribution in [2.75, 3.05) is 50.8 Å². The third-order valence-electron chi connectivity index (χ3n) is 9.27. The highest BCUT2D eigenvalue weighted by atomic mass is 32.2. The SMILES string of the molecule is CC(C)(C)C(c1cc(-c2cc(F)ccc2F)cn1Cc1ccccc1)N(C[C@@H]1CNC[C@@H]1F)C(=O)CSCCC(=O)NCCNC(=O)CNC(=O)CCC(=O)O. The van der Waals surface area contributed by atoms with Gasteiger partial charge in [-0.15, -0.1) is 0 Å². The number of hydrogen-bond donors (Lipinski definition) is 5. The van der Waals surface area contributed by atoms with Crippen molar-refractivity contribution in [3.05, 3.63) is 83.7 Å². The lowest BCUT2D eigenvalue weighted by molar-refractivity contribution is -0.139. The normalized spacial score (nSPS) is 15.9. The number of rotatable bonds is 20. The van der Waals surface area contributed by atoms with E-state index in [-0.39, 0.29) is 75.1 Å². The number of nitrogens with one attached hydrogen (secondary N) is 4. The number of aliphatic carboxylic acids is 1. The summed E-state index contributed by atoms with van der Waals surface area (Å²) in [5.74, 6) is -4.04. The zero-order chi connectivity index (χ0) is 40.8. The average Bonchev–Trinajstić information content (AvgIpc) is 3.75. The van der Waals surface area contributed by atoms with Gasteiger partial charge in [0.1, 0.15) is 17.8 Å². The first-order valence-electron chi connectivity index (χ1n) is 18.6. The number of aromatic nitrogens is 1. The Labute approximate surface area is 329 Å². The summed E-state index contributed by atoms with van der Waals surface area (Å²) >= 11 is 1.27. The summed E-state index contributed by atoms with van der Waals surface area (Å²) < 4.78 is 46.6. The molecule has 0 spiro atoms. The number of carbonyl (C=O) groups excluding carboxylic acids is 4. The maximum absolute atomic E-state index is 15.1. The second-order valence-electron chi connectivity index (χ2n) is 14.8. The fraction of sp³-hybridized carbons (Fsp3) is 0.475. The first-order valence-corrected chi connectivity index (χ1v) is 19.7. The summed E-state index contributed by atoms with van der Waals surface area (Å²) in [5.41, 5.74) is 1.58. The molecule has 5 N–H and O–H groups in total. The molecule has 1 fully saturated rings. The number of amides is 4. The second-order valence-corrected chi connectivity index (χ2v) is 15.9. The lowest BCUT2D eigenvalue weighted by atomic mass is 9.82. The lowest BCUT2D eigenvalue weighted by Gasteiger charge is -2.42. The number of halogens is 3. The molecule has 1 unspecified atom stereocenters. The topological polar surface area (TPSA) is 162 Å². The van der Waals surface area contributed by atoms with Gasteiger partial charge in [0.2, 0.25) is 23.6 Å². The minimum Gasteiger partial charge on any atom is -0.481 e. The highest BCUT2D eigenvalue weighted by molar-refractivity contribution is 7.99. The summed E-state index contributed by atoms with van der Waals surface area (Å²) in [6.45, 7) is 6.95. The third kappa shape index (κ3) is 13.4. The van der Waals surface area contributed by atoms with E-state index in [1.54, 1.807) is 17.2 Å². The van der Waals surface area contributed by atoms with Crippen LogP contribution in [0.15, 0.2) is 60.8 Å². The number of benzene rings is 2. The molecule has 1 aromatic heterocycles. The van der Waals surface area contributed by atoms with Crippen LogP contribution in [0.25, 0.3) is 11.1 Å².